The Kier molecular flexibility index (Phi) is 6.87. The molecule has 2 rings (SSSR count). The third-order valence-electron chi connectivity index (χ3n) is 4.15. The predicted molar refractivity (Wildman–Crippen MR) is 109 cm³/mol. The van der Waals surface area contributed by atoms with Crippen LogP contribution in [0.15, 0.2) is 58.6 Å². The summed E-state index contributed by atoms with van der Waals surface area (Å²) in [5.41, 5.74) is 11.6. The van der Waals surface area contributed by atoms with Crippen LogP contribution in [0.4, 0.5) is 0 Å². The zero-order chi connectivity index (χ0) is 19.1. The topological polar surface area (TPSA) is 64.9 Å². The van der Waals surface area contributed by atoms with E-state index in [2.05, 4.69) is 48.8 Å². The van der Waals surface area contributed by atoms with Crippen molar-refractivity contribution in [3.05, 3.63) is 82.6 Å². The van der Waals surface area contributed by atoms with Gasteiger partial charge in [-0.1, -0.05) is 48.6 Å². The molecule has 1 aromatic heterocycles. The van der Waals surface area contributed by atoms with Crippen molar-refractivity contribution in [1.82, 2.24) is 10.2 Å². The molecular formula is C22H27N3O. The Hall–Kier alpha value is -2.72. The molecule has 0 saturated carbocycles. The van der Waals surface area contributed by atoms with Gasteiger partial charge in [-0.15, -0.1) is 10.2 Å². The number of allylic oxidation sites excluding steroid dienone is 3. The van der Waals surface area contributed by atoms with Crippen LogP contribution >= 0.6 is 0 Å². The van der Waals surface area contributed by atoms with Gasteiger partial charge in [-0.2, -0.15) is 0 Å². The third-order valence-corrected chi connectivity index (χ3v) is 4.15. The average molecular weight is 349 g/mol. The molecule has 0 spiro atoms. The Labute approximate surface area is 155 Å². The lowest BCUT2D eigenvalue weighted by atomic mass is 10.0. The average Bonchev–Trinajstić information content (AvgIpc) is 3.04. The molecule has 1 aromatic carbocycles. The van der Waals surface area contributed by atoms with E-state index in [1.165, 1.54) is 11.1 Å². The van der Waals surface area contributed by atoms with Gasteiger partial charge in [-0.3, -0.25) is 0 Å². The zero-order valence-electron chi connectivity index (χ0n) is 16.0. The highest BCUT2D eigenvalue weighted by atomic mass is 16.4. The van der Waals surface area contributed by atoms with E-state index in [1.807, 2.05) is 38.2 Å². The molecule has 1 unspecified atom stereocenters. The van der Waals surface area contributed by atoms with Crippen molar-refractivity contribution in [1.29, 1.82) is 0 Å². The fourth-order valence-electron chi connectivity index (χ4n) is 2.58. The van der Waals surface area contributed by atoms with E-state index in [-0.39, 0.29) is 6.04 Å². The Morgan fingerprint density at radius 1 is 1.27 bits per heavy atom. The third kappa shape index (κ3) is 5.39. The van der Waals surface area contributed by atoms with Crippen molar-refractivity contribution in [2.45, 2.75) is 40.2 Å². The molecule has 4 heteroatoms. The van der Waals surface area contributed by atoms with Crippen LogP contribution in [0.5, 0.6) is 0 Å². The van der Waals surface area contributed by atoms with Gasteiger partial charge in [-0.05, 0) is 56.0 Å². The molecule has 0 aliphatic carbocycles. The van der Waals surface area contributed by atoms with Crippen molar-refractivity contribution >= 4 is 12.2 Å². The minimum Gasteiger partial charge on any atom is -0.421 e. The van der Waals surface area contributed by atoms with Gasteiger partial charge in [0.1, 0.15) is 0 Å². The van der Waals surface area contributed by atoms with Crippen molar-refractivity contribution < 1.29 is 4.42 Å². The van der Waals surface area contributed by atoms with E-state index in [4.69, 9.17) is 10.2 Å². The molecule has 136 valence electrons. The largest absolute Gasteiger partial charge is 0.421 e. The number of aryl methyl sites for hydroxylation is 2. The second-order valence-corrected chi connectivity index (χ2v) is 6.40. The molecule has 0 aliphatic rings. The van der Waals surface area contributed by atoms with Gasteiger partial charge in [0, 0.05) is 12.1 Å². The molecule has 2 N–H and O–H groups in total. The number of hydrogen-bond donors (Lipinski definition) is 1. The van der Waals surface area contributed by atoms with E-state index < -0.39 is 0 Å². The first-order valence-electron chi connectivity index (χ1n) is 8.75. The molecule has 0 amide bonds. The molecule has 2 aromatic rings. The summed E-state index contributed by atoms with van der Waals surface area (Å²) in [6.45, 7) is 11.9. The van der Waals surface area contributed by atoms with Crippen LogP contribution in [0.25, 0.3) is 12.2 Å². The fraction of sp³-hybridized carbons (Fsp3) is 0.273. The van der Waals surface area contributed by atoms with Crippen LogP contribution in [0.2, 0.25) is 0 Å². The molecule has 0 fully saturated rings. The van der Waals surface area contributed by atoms with Crippen LogP contribution in [0.3, 0.4) is 0 Å². The van der Waals surface area contributed by atoms with Crippen LogP contribution in [0.1, 0.15) is 42.3 Å². The summed E-state index contributed by atoms with van der Waals surface area (Å²) in [4.78, 5) is 0. The first-order valence-corrected chi connectivity index (χ1v) is 8.75. The lowest BCUT2D eigenvalue weighted by molar-refractivity contribution is 0.496. The van der Waals surface area contributed by atoms with Gasteiger partial charge in [0.2, 0.25) is 11.8 Å². The maximum atomic E-state index is 5.94. The van der Waals surface area contributed by atoms with E-state index in [0.29, 0.717) is 18.2 Å². The van der Waals surface area contributed by atoms with E-state index >= 15 is 0 Å². The second-order valence-electron chi connectivity index (χ2n) is 6.40. The van der Waals surface area contributed by atoms with Crippen molar-refractivity contribution in [2.24, 2.45) is 5.73 Å². The Bertz CT molecular complexity index is 854. The Morgan fingerprint density at radius 3 is 2.65 bits per heavy atom. The monoisotopic (exact) mass is 349 g/mol. The molecule has 0 bridgehead atoms. The summed E-state index contributed by atoms with van der Waals surface area (Å²) in [6.07, 6.45) is 10.2. The van der Waals surface area contributed by atoms with Crippen molar-refractivity contribution in [3.8, 4) is 0 Å². The quantitative estimate of drug-likeness (QED) is 0.729. The maximum Gasteiger partial charge on any atom is 0.240 e. The Morgan fingerprint density at radius 2 is 2.04 bits per heavy atom. The first kappa shape index (κ1) is 19.6. The molecule has 1 atom stereocenters. The van der Waals surface area contributed by atoms with Crippen LogP contribution < -0.4 is 5.73 Å². The fourth-order valence-corrected chi connectivity index (χ4v) is 2.58. The number of aromatic nitrogens is 2. The first-order chi connectivity index (χ1) is 12.4. The van der Waals surface area contributed by atoms with E-state index in [1.54, 1.807) is 6.08 Å². The highest BCUT2D eigenvalue weighted by molar-refractivity contribution is 5.68. The molecular weight excluding hydrogens is 322 g/mol. The van der Waals surface area contributed by atoms with Gasteiger partial charge < -0.3 is 10.2 Å². The lowest BCUT2D eigenvalue weighted by Crippen LogP contribution is -2.16. The summed E-state index contributed by atoms with van der Waals surface area (Å²) in [6, 6.07) is 6.26. The summed E-state index contributed by atoms with van der Waals surface area (Å²) in [5.74, 6) is 1.07. The molecule has 26 heavy (non-hydrogen) atoms. The summed E-state index contributed by atoms with van der Waals surface area (Å²) in [5, 5.41) is 8.24. The van der Waals surface area contributed by atoms with Gasteiger partial charge in [0.15, 0.2) is 0 Å². The zero-order valence-corrected chi connectivity index (χ0v) is 16.0. The molecule has 0 aliphatic heterocycles. The standard InChI is InChI=1S/C22H27N3O/c1-6-18(13-19(7-2)17(5)23)14-22-25-24-21(26-22)11-10-20-9-8-15(3)12-16(20)4/h6-13,17H,2,14,23H2,1,3-5H3/b11-10+,18-6+,19-13+. The van der Waals surface area contributed by atoms with E-state index in [9.17, 15) is 0 Å². The number of rotatable bonds is 7. The minimum absolute atomic E-state index is 0.0682. The highest BCUT2D eigenvalue weighted by Crippen LogP contribution is 2.16. The highest BCUT2D eigenvalue weighted by Gasteiger charge is 2.07. The van der Waals surface area contributed by atoms with Crippen molar-refractivity contribution in [3.63, 3.8) is 0 Å². The predicted octanol–water partition coefficient (Wildman–Crippen LogP) is 4.81. The van der Waals surface area contributed by atoms with E-state index in [0.717, 1.165) is 16.7 Å². The number of benzene rings is 1. The van der Waals surface area contributed by atoms with Gasteiger partial charge in [0.25, 0.3) is 0 Å². The number of hydrogen-bond acceptors (Lipinski definition) is 4. The minimum atomic E-state index is -0.0682. The summed E-state index contributed by atoms with van der Waals surface area (Å²) in [7, 11) is 0. The summed E-state index contributed by atoms with van der Waals surface area (Å²) >= 11 is 0. The smallest absolute Gasteiger partial charge is 0.240 e. The van der Waals surface area contributed by atoms with Crippen LogP contribution in [0, 0.1) is 13.8 Å². The van der Waals surface area contributed by atoms with Gasteiger partial charge in [0.05, 0.1) is 6.42 Å². The molecule has 0 radical (unpaired) electrons. The molecule has 4 nitrogen and oxygen atoms in total. The van der Waals surface area contributed by atoms with Gasteiger partial charge >= 0.3 is 0 Å². The molecule has 0 saturated heterocycles. The van der Waals surface area contributed by atoms with Crippen LogP contribution in [-0.4, -0.2) is 16.2 Å². The van der Waals surface area contributed by atoms with Crippen LogP contribution in [-0.2, 0) is 6.42 Å². The lowest BCUT2D eigenvalue weighted by Gasteiger charge is -2.07. The summed E-state index contributed by atoms with van der Waals surface area (Å²) < 4.78 is 5.74. The molecule has 1 heterocycles. The Balaban J connectivity index is 2.11. The maximum absolute atomic E-state index is 5.94. The van der Waals surface area contributed by atoms with Crippen molar-refractivity contribution in [2.75, 3.05) is 0 Å². The number of nitrogens with zero attached hydrogens (tertiary/aromatic N) is 2. The SMILES string of the molecule is C=C/C(=C\C(=C/C)Cc1nnc(/C=C/c2ccc(C)cc2C)o1)C(C)N. The van der Waals surface area contributed by atoms with Gasteiger partial charge in [-0.25, -0.2) is 0 Å². The normalized spacial score (nSPS) is 14.0. The second kappa shape index (κ2) is 9.11. The number of nitrogens with two attached hydrogens (primary N) is 1.